The summed E-state index contributed by atoms with van der Waals surface area (Å²) in [6, 6.07) is 7.23. The number of nitrogens with one attached hydrogen (secondary N) is 1. The normalized spacial score (nSPS) is 14.1. The average molecular weight is 208 g/mol. The van der Waals surface area contributed by atoms with Crippen LogP contribution in [0.15, 0.2) is 24.3 Å². The molecule has 0 aliphatic carbocycles. The first-order chi connectivity index (χ1) is 7.04. The third-order valence-corrected chi connectivity index (χ3v) is 2.37. The van der Waals surface area contributed by atoms with Gasteiger partial charge in [-0.1, -0.05) is 18.2 Å². The standard InChI is InChI=1S/C11H16N2O2/c1-11(12,10(14)13-2)8-6-4-5-7-9(8)15-3/h4-7H,12H2,1-3H3,(H,13,14)/t11-/m0/s1. The number of hydrogen-bond donors (Lipinski definition) is 2. The van der Waals surface area contributed by atoms with Crippen LogP contribution in [0.4, 0.5) is 0 Å². The Kier molecular flexibility index (Phi) is 3.31. The van der Waals surface area contributed by atoms with Crippen LogP contribution in [0.1, 0.15) is 12.5 Å². The number of methoxy groups -OCH3 is 1. The third-order valence-electron chi connectivity index (χ3n) is 2.37. The summed E-state index contributed by atoms with van der Waals surface area (Å²) in [5, 5.41) is 2.54. The van der Waals surface area contributed by atoms with Crippen molar-refractivity contribution in [1.29, 1.82) is 0 Å². The van der Waals surface area contributed by atoms with Crippen molar-refractivity contribution in [2.24, 2.45) is 5.73 Å². The van der Waals surface area contributed by atoms with Gasteiger partial charge in [-0.3, -0.25) is 4.79 Å². The zero-order chi connectivity index (χ0) is 11.5. The number of carbonyl (C=O) groups is 1. The van der Waals surface area contributed by atoms with Crippen LogP contribution in [0.3, 0.4) is 0 Å². The van der Waals surface area contributed by atoms with E-state index in [1.807, 2.05) is 12.1 Å². The molecule has 0 radical (unpaired) electrons. The van der Waals surface area contributed by atoms with Gasteiger partial charge >= 0.3 is 0 Å². The second-order valence-electron chi connectivity index (χ2n) is 3.48. The fourth-order valence-corrected chi connectivity index (χ4v) is 1.46. The molecule has 0 unspecified atom stereocenters. The Morgan fingerprint density at radius 3 is 2.60 bits per heavy atom. The van der Waals surface area contributed by atoms with Gasteiger partial charge in [0, 0.05) is 12.6 Å². The number of benzene rings is 1. The molecule has 0 saturated heterocycles. The molecule has 0 heterocycles. The molecule has 15 heavy (non-hydrogen) atoms. The molecule has 4 heteroatoms. The molecular formula is C11H16N2O2. The van der Waals surface area contributed by atoms with Crippen LogP contribution in [0.25, 0.3) is 0 Å². The lowest BCUT2D eigenvalue weighted by Crippen LogP contribution is -2.48. The predicted octanol–water partition coefficient (Wildman–Crippen LogP) is 0.615. The molecule has 1 aromatic rings. The molecule has 1 atom stereocenters. The van der Waals surface area contributed by atoms with Crippen molar-refractivity contribution < 1.29 is 9.53 Å². The van der Waals surface area contributed by atoms with E-state index in [4.69, 9.17) is 10.5 Å². The Morgan fingerprint density at radius 2 is 2.07 bits per heavy atom. The summed E-state index contributed by atoms with van der Waals surface area (Å²) in [6.45, 7) is 1.66. The van der Waals surface area contributed by atoms with E-state index in [-0.39, 0.29) is 5.91 Å². The Bertz CT molecular complexity index is 361. The molecule has 0 fully saturated rings. The topological polar surface area (TPSA) is 64.4 Å². The Balaban J connectivity index is 3.19. The van der Waals surface area contributed by atoms with E-state index in [1.165, 1.54) is 0 Å². The number of amides is 1. The summed E-state index contributed by atoms with van der Waals surface area (Å²) in [7, 11) is 3.11. The second-order valence-corrected chi connectivity index (χ2v) is 3.48. The molecular weight excluding hydrogens is 192 g/mol. The van der Waals surface area contributed by atoms with Crippen LogP contribution < -0.4 is 15.8 Å². The zero-order valence-electron chi connectivity index (χ0n) is 9.20. The van der Waals surface area contributed by atoms with E-state index >= 15 is 0 Å². The fraction of sp³-hybridized carbons (Fsp3) is 0.364. The molecule has 0 aliphatic heterocycles. The van der Waals surface area contributed by atoms with Crippen molar-refractivity contribution in [2.45, 2.75) is 12.5 Å². The lowest BCUT2D eigenvalue weighted by atomic mass is 9.91. The van der Waals surface area contributed by atoms with Gasteiger partial charge < -0.3 is 15.8 Å². The number of carbonyl (C=O) groups excluding carboxylic acids is 1. The van der Waals surface area contributed by atoms with Crippen LogP contribution in [0, 0.1) is 0 Å². The lowest BCUT2D eigenvalue weighted by Gasteiger charge is -2.24. The number of ether oxygens (including phenoxy) is 1. The van der Waals surface area contributed by atoms with Crippen molar-refractivity contribution >= 4 is 5.91 Å². The number of rotatable bonds is 3. The van der Waals surface area contributed by atoms with Crippen molar-refractivity contribution in [2.75, 3.05) is 14.2 Å². The van der Waals surface area contributed by atoms with Gasteiger partial charge in [-0.15, -0.1) is 0 Å². The van der Waals surface area contributed by atoms with E-state index in [2.05, 4.69) is 5.32 Å². The molecule has 0 aromatic heterocycles. The van der Waals surface area contributed by atoms with E-state index in [9.17, 15) is 4.79 Å². The largest absolute Gasteiger partial charge is 0.496 e. The third kappa shape index (κ3) is 2.10. The van der Waals surface area contributed by atoms with Crippen molar-refractivity contribution in [3.63, 3.8) is 0 Å². The first-order valence-electron chi connectivity index (χ1n) is 4.68. The highest BCUT2D eigenvalue weighted by molar-refractivity contribution is 5.87. The quantitative estimate of drug-likeness (QED) is 0.765. The van der Waals surface area contributed by atoms with Crippen molar-refractivity contribution in [1.82, 2.24) is 5.32 Å². The van der Waals surface area contributed by atoms with Gasteiger partial charge in [-0.2, -0.15) is 0 Å². The Morgan fingerprint density at radius 1 is 1.47 bits per heavy atom. The highest BCUT2D eigenvalue weighted by Crippen LogP contribution is 2.27. The van der Waals surface area contributed by atoms with Crippen LogP contribution in [0.5, 0.6) is 5.75 Å². The maximum Gasteiger partial charge on any atom is 0.244 e. The van der Waals surface area contributed by atoms with Gasteiger partial charge in [0.25, 0.3) is 0 Å². The first-order valence-corrected chi connectivity index (χ1v) is 4.68. The summed E-state index contributed by atoms with van der Waals surface area (Å²) in [5.74, 6) is 0.373. The van der Waals surface area contributed by atoms with E-state index in [0.29, 0.717) is 11.3 Å². The minimum atomic E-state index is -1.08. The molecule has 82 valence electrons. The number of nitrogens with two attached hydrogens (primary N) is 1. The van der Waals surface area contributed by atoms with Gasteiger partial charge in [-0.25, -0.2) is 0 Å². The Labute approximate surface area is 89.4 Å². The number of para-hydroxylation sites is 1. The van der Waals surface area contributed by atoms with E-state index in [0.717, 1.165) is 0 Å². The summed E-state index contributed by atoms with van der Waals surface area (Å²) in [6.07, 6.45) is 0. The van der Waals surface area contributed by atoms with Crippen LogP contribution in [-0.4, -0.2) is 20.1 Å². The molecule has 3 N–H and O–H groups in total. The lowest BCUT2D eigenvalue weighted by molar-refractivity contribution is -0.125. The maximum atomic E-state index is 11.6. The predicted molar refractivity (Wildman–Crippen MR) is 58.6 cm³/mol. The van der Waals surface area contributed by atoms with Crippen LogP contribution in [-0.2, 0) is 10.3 Å². The summed E-state index contributed by atoms with van der Waals surface area (Å²) in [4.78, 5) is 11.6. The molecule has 1 rings (SSSR count). The van der Waals surface area contributed by atoms with Gasteiger partial charge in [0.1, 0.15) is 11.3 Å². The van der Waals surface area contributed by atoms with Crippen molar-refractivity contribution in [3.8, 4) is 5.75 Å². The monoisotopic (exact) mass is 208 g/mol. The molecule has 0 saturated carbocycles. The first kappa shape index (κ1) is 11.5. The van der Waals surface area contributed by atoms with E-state index in [1.54, 1.807) is 33.2 Å². The van der Waals surface area contributed by atoms with Crippen LogP contribution >= 0.6 is 0 Å². The molecule has 0 aliphatic rings. The highest BCUT2D eigenvalue weighted by Gasteiger charge is 2.32. The minimum Gasteiger partial charge on any atom is -0.496 e. The minimum absolute atomic E-state index is 0.244. The number of hydrogen-bond acceptors (Lipinski definition) is 3. The summed E-state index contributed by atoms with van der Waals surface area (Å²) < 4.78 is 5.17. The second kappa shape index (κ2) is 4.31. The zero-order valence-corrected chi connectivity index (χ0v) is 9.20. The smallest absolute Gasteiger partial charge is 0.244 e. The van der Waals surface area contributed by atoms with E-state index < -0.39 is 5.54 Å². The molecule has 0 spiro atoms. The average Bonchev–Trinajstić information content (AvgIpc) is 2.27. The molecule has 1 aromatic carbocycles. The summed E-state index contributed by atoms with van der Waals surface area (Å²) in [5.41, 5.74) is 5.57. The Hall–Kier alpha value is -1.55. The summed E-state index contributed by atoms with van der Waals surface area (Å²) >= 11 is 0. The highest BCUT2D eigenvalue weighted by atomic mass is 16.5. The van der Waals surface area contributed by atoms with Gasteiger partial charge in [0.05, 0.1) is 7.11 Å². The molecule has 4 nitrogen and oxygen atoms in total. The molecule has 0 bridgehead atoms. The van der Waals surface area contributed by atoms with Gasteiger partial charge in [0.2, 0.25) is 5.91 Å². The molecule has 1 amide bonds. The SMILES string of the molecule is CNC(=O)[C@@](C)(N)c1ccccc1OC. The number of likely N-dealkylation sites (N-methyl/N-ethyl adjacent to an activating group) is 1. The maximum absolute atomic E-state index is 11.6. The van der Waals surface area contributed by atoms with Crippen molar-refractivity contribution in [3.05, 3.63) is 29.8 Å². The van der Waals surface area contributed by atoms with Gasteiger partial charge in [0.15, 0.2) is 0 Å². The fourth-order valence-electron chi connectivity index (χ4n) is 1.46. The van der Waals surface area contributed by atoms with Gasteiger partial charge in [-0.05, 0) is 13.0 Å². The van der Waals surface area contributed by atoms with Crippen LogP contribution in [0.2, 0.25) is 0 Å².